The molecular formula is C36H29N. The van der Waals surface area contributed by atoms with Crippen LogP contribution in [-0.2, 0) is 0 Å². The second-order valence-corrected chi connectivity index (χ2v) is 8.86. The molecule has 0 aromatic heterocycles. The summed E-state index contributed by atoms with van der Waals surface area (Å²) in [4.78, 5) is 0. The van der Waals surface area contributed by atoms with Crippen molar-refractivity contribution in [2.24, 2.45) is 0 Å². The van der Waals surface area contributed by atoms with Crippen LogP contribution in [0.25, 0.3) is 39.0 Å². The van der Waals surface area contributed by atoms with E-state index in [9.17, 15) is 0 Å². The third-order valence-electron chi connectivity index (χ3n) is 6.45. The molecule has 1 N–H and O–H groups in total. The average Bonchev–Trinajstić information content (AvgIpc) is 2.97. The minimum Gasteiger partial charge on any atom is -0.356 e. The molecule has 0 aliphatic rings. The normalized spacial score (nSPS) is 11.1. The first-order chi connectivity index (χ1) is 18.2. The van der Waals surface area contributed by atoms with Crippen LogP contribution in [0.4, 0.5) is 11.4 Å². The van der Waals surface area contributed by atoms with Gasteiger partial charge in [-0.3, -0.25) is 0 Å². The Hall–Kier alpha value is -4.88. The molecule has 1 heteroatoms. The van der Waals surface area contributed by atoms with E-state index in [-0.39, 0.29) is 0 Å². The van der Waals surface area contributed by atoms with Crippen molar-refractivity contribution in [2.75, 3.05) is 5.32 Å². The van der Waals surface area contributed by atoms with Crippen molar-refractivity contribution in [2.45, 2.75) is 0 Å². The largest absolute Gasteiger partial charge is 0.356 e. The van der Waals surface area contributed by atoms with Crippen LogP contribution in [0.1, 0.15) is 5.56 Å². The maximum absolute atomic E-state index is 3.89. The summed E-state index contributed by atoms with van der Waals surface area (Å²) >= 11 is 0. The van der Waals surface area contributed by atoms with Crippen LogP contribution in [0, 0.1) is 0 Å². The van der Waals surface area contributed by atoms with Gasteiger partial charge in [-0.15, -0.1) is 0 Å². The molecule has 0 fully saturated rings. The molecule has 0 unspecified atom stereocenters. The standard InChI is InChI=1S/C36H29N/c1-3-8-27(4-2)29-11-13-31(14-12-29)33-19-23-35(24-20-33)37-36-25-21-34(22-26-36)32-17-15-30(16-18-32)28-9-6-5-7-10-28/h3-26,37H,1-2H2. The van der Waals surface area contributed by atoms with Gasteiger partial charge in [0.15, 0.2) is 0 Å². The first-order valence-electron chi connectivity index (χ1n) is 12.4. The molecule has 178 valence electrons. The van der Waals surface area contributed by atoms with E-state index in [4.69, 9.17) is 0 Å². The van der Waals surface area contributed by atoms with Gasteiger partial charge >= 0.3 is 0 Å². The number of rotatable bonds is 8. The molecule has 5 aromatic carbocycles. The highest BCUT2D eigenvalue weighted by Crippen LogP contribution is 2.28. The van der Waals surface area contributed by atoms with E-state index in [0.29, 0.717) is 0 Å². The highest BCUT2D eigenvalue weighted by Gasteiger charge is 2.03. The molecule has 37 heavy (non-hydrogen) atoms. The zero-order valence-corrected chi connectivity index (χ0v) is 20.8. The Labute approximate surface area is 219 Å². The van der Waals surface area contributed by atoms with Crippen molar-refractivity contribution >= 4 is 16.9 Å². The van der Waals surface area contributed by atoms with Crippen molar-refractivity contribution in [3.63, 3.8) is 0 Å². The Morgan fingerprint density at radius 2 is 0.838 bits per heavy atom. The summed E-state index contributed by atoms with van der Waals surface area (Å²) in [7, 11) is 0. The fourth-order valence-corrected chi connectivity index (χ4v) is 4.41. The van der Waals surface area contributed by atoms with Crippen LogP contribution < -0.4 is 5.32 Å². The summed E-state index contributed by atoms with van der Waals surface area (Å²) in [5.41, 5.74) is 11.6. The average molecular weight is 476 g/mol. The first kappa shape index (κ1) is 23.8. The Kier molecular flexibility index (Phi) is 7.24. The Morgan fingerprint density at radius 1 is 0.459 bits per heavy atom. The molecule has 0 bridgehead atoms. The summed E-state index contributed by atoms with van der Waals surface area (Å²) in [6.07, 6.45) is 5.61. The van der Waals surface area contributed by atoms with E-state index in [1.165, 1.54) is 33.4 Å². The molecule has 1 nitrogen and oxygen atoms in total. The second kappa shape index (κ2) is 11.2. The molecule has 0 saturated carbocycles. The fraction of sp³-hybridized carbons (Fsp3) is 0. The van der Waals surface area contributed by atoms with Crippen LogP contribution in [0.5, 0.6) is 0 Å². The Balaban J connectivity index is 1.24. The molecule has 5 rings (SSSR count). The molecule has 0 aliphatic heterocycles. The highest BCUT2D eigenvalue weighted by molar-refractivity contribution is 5.77. The Morgan fingerprint density at radius 3 is 1.24 bits per heavy atom. The van der Waals surface area contributed by atoms with E-state index in [2.05, 4.69) is 140 Å². The minimum absolute atomic E-state index is 1.06. The fourth-order valence-electron chi connectivity index (χ4n) is 4.41. The topological polar surface area (TPSA) is 12.0 Å². The summed E-state index contributed by atoms with van der Waals surface area (Å²) in [5, 5.41) is 3.51. The minimum atomic E-state index is 1.06. The van der Waals surface area contributed by atoms with E-state index >= 15 is 0 Å². The van der Waals surface area contributed by atoms with Crippen LogP contribution in [-0.4, -0.2) is 0 Å². The van der Waals surface area contributed by atoms with Crippen molar-refractivity contribution in [3.05, 3.63) is 164 Å². The lowest BCUT2D eigenvalue weighted by Crippen LogP contribution is -1.90. The van der Waals surface area contributed by atoms with Gasteiger partial charge in [-0.25, -0.2) is 0 Å². The zero-order chi connectivity index (χ0) is 25.5. The van der Waals surface area contributed by atoms with Crippen LogP contribution >= 0.6 is 0 Å². The molecular weight excluding hydrogens is 446 g/mol. The molecule has 0 heterocycles. The number of nitrogens with one attached hydrogen (secondary N) is 1. The molecule has 0 amide bonds. The van der Waals surface area contributed by atoms with Crippen LogP contribution in [0.15, 0.2) is 159 Å². The lowest BCUT2D eigenvalue weighted by atomic mass is 10.00. The molecule has 0 saturated heterocycles. The van der Waals surface area contributed by atoms with E-state index in [1.54, 1.807) is 6.08 Å². The van der Waals surface area contributed by atoms with Crippen molar-refractivity contribution < 1.29 is 0 Å². The lowest BCUT2D eigenvalue weighted by Gasteiger charge is -2.10. The van der Waals surface area contributed by atoms with E-state index < -0.39 is 0 Å². The maximum Gasteiger partial charge on any atom is 0.0384 e. The SMILES string of the molecule is C=CC=C(C=C)c1ccc(-c2ccc(Nc3ccc(-c4ccc(-c5ccccc5)cc4)cc3)cc2)cc1. The molecule has 0 aliphatic carbocycles. The van der Waals surface area contributed by atoms with Gasteiger partial charge in [0.1, 0.15) is 0 Å². The highest BCUT2D eigenvalue weighted by atomic mass is 14.9. The van der Waals surface area contributed by atoms with Crippen LogP contribution in [0.2, 0.25) is 0 Å². The predicted octanol–water partition coefficient (Wildman–Crippen LogP) is 10.2. The van der Waals surface area contributed by atoms with Gasteiger partial charge in [0.05, 0.1) is 0 Å². The van der Waals surface area contributed by atoms with E-state index in [0.717, 1.165) is 22.5 Å². The predicted molar refractivity (Wildman–Crippen MR) is 161 cm³/mol. The van der Waals surface area contributed by atoms with Crippen molar-refractivity contribution in [1.82, 2.24) is 0 Å². The van der Waals surface area contributed by atoms with Gasteiger partial charge in [0, 0.05) is 11.4 Å². The lowest BCUT2D eigenvalue weighted by molar-refractivity contribution is 1.53. The molecule has 0 spiro atoms. The summed E-state index contributed by atoms with van der Waals surface area (Å²) in [6, 6.07) is 44.8. The van der Waals surface area contributed by atoms with Crippen molar-refractivity contribution in [1.29, 1.82) is 0 Å². The van der Waals surface area contributed by atoms with Gasteiger partial charge in [0.25, 0.3) is 0 Å². The third kappa shape index (κ3) is 5.69. The summed E-state index contributed by atoms with van der Waals surface area (Å²) in [5.74, 6) is 0. The van der Waals surface area contributed by atoms with Gasteiger partial charge in [-0.1, -0.05) is 135 Å². The molecule has 0 radical (unpaired) electrons. The molecule has 5 aromatic rings. The number of hydrogen-bond acceptors (Lipinski definition) is 1. The van der Waals surface area contributed by atoms with Crippen LogP contribution in [0.3, 0.4) is 0 Å². The quantitative estimate of drug-likeness (QED) is 0.220. The maximum atomic E-state index is 3.89. The summed E-state index contributed by atoms with van der Waals surface area (Å²) < 4.78 is 0. The van der Waals surface area contributed by atoms with E-state index in [1.807, 2.05) is 18.2 Å². The number of allylic oxidation sites excluding steroid dienone is 4. The van der Waals surface area contributed by atoms with Gasteiger partial charge in [-0.05, 0) is 68.8 Å². The van der Waals surface area contributed by atoms with Crippen molar-refractivity contribution in [3.8, 4) is 33.4 Å². The number of benzene rings is 5. The first-order valence-corrected chi connectivity index (χ1v) is 12.4. The monoisotopic (exact) mass is 475 g/mol. The van der Waals surface area contributed by atoms with Gasteiger partial charge in [0.2, 0.25) is 0 Å². The second-order valence-electron chi connectivity index (χ2n) is 8.86. The number of hydrogen-bond donors (Lipinski definition) is 1. The number of anilines is 2. The van der Waals surface area contributed by atoms with Gasteiger partial charge in [-0.2, -0.15) is 0 Å². The zero-order valence-electron chi connectivity index (χ0n) is 20.8. The Bertz CT molecular complexity index is 1500. The molecule has 0 atom stereocenters. The third-order valence-corrected chi connectivity index (χ3v) is 6.45. The van der Waals surface area contributed by atoms with Gasteiger partial charge < -0.3 is 5.32 Å². The smallest absolute Gasteiger partial charge is 0.0384 e. The summed E-state index contributed by atoms with van der Waals surface area (Å²) in [6.45, 7) is 7.67.